The molecule has 0 saturated heterocycles. The van der Waals surface area contributed by atoms with E-state index < -0.39 is 0 Å². The maximum Gasteiger partial charge on any atom is 0.0336 e. The Morgan fingerprint density at radius 3 is 2.05 bits per heavy atom. The molecule has 3 heteroatoms. The smallest absolute Gasteiger partial charge is 0.0336 e. The fourth-order valence-corrected chi connectivity index (χ4v) is 3.63. The molecule has 0 saturated carbocycles. The molecule has 0 aliphatic rings. The lowest BCUT2D eigenvalue weighted by Gasteiger charge is -2.16. The van der Waals surface area contributed by atoms with Gasteiger partial charge in [-0.05, 0) is 60.7 Å². The molecule has 0 heterocycles. The minimum Gasteiger partial charge on any atom is -0.324 e. The first-order valence-electron chi connectivity index (χ1n) is 6.24. The van der Waals surface area contributed by atoms with Gasteiger partial charge in [-0.15, -0.1) is 0 Å². The second-order valence-electron chi connectivity index (χ2n) is 4.88. The van der Waals surface area contributed by atoms with Crippen LogP contribution in [0.4, 0.5) is 0 Å². The fourth-order valence-electron chi connectivity index (χ4n) is 2.30. The van der Waals surface area contributed by atoms with Crippen LogP contribution in [0.5, 0.6) is 0 Å². The van der Waals surface area contributed by atoms with Crippen molar-refractivity contribution in [2.45, 2.75) is 26.3 Å². The SMILES string of the molecule is Cc1cccc(C)c1CC(N)c1cc(Br)cc(Br)c1. The van der Waals surface area contributed by atoms with E-state index in [0.717, 1.165) is 20.9 Å². The quantitative estimate of drug-likeness (QED) is 0.787. The van der Waals surface area contributed by atoms with Gasteiger partial charge in [-0.1, -0.05) is 50.1 Å². The summed E-state index contributed by atoms with van der Waals surface area (Å²) in [5.74, 6) is 0. The Morgan fingerprint density at radius 1 is 1.00 bits per heavy atom. The van der Waals surface area contributed by atoms with E-state index in [1.165, 1.54) is 16.7 Å². The van der Waals surface area contributed by atoms with E-state index in [0.29, 0.717) is 0 Å². The van der Waals surface area contributed by atoms with Crippen LogP contribution >= 0.6 is 31.9 Å². The summed E-state index contributed by atoms with van der Waals surface area (Å²) >= 11 is 7.02. The van der Waals surface area contributed by atoms with Crippen LogP contribution in [0.1, 0.15) is 28.3 Å². The van der Waals surface area contributed by atoms with Gasteiger partial charge in [0.15, 0.2) is 0 Å². The molecule has 0 spiro atoms. The van der Waals surface area contributed by atoms with Gasteiger partial charge in [0.1, 0.15) is 0 Å². The van der Waals surface area contributed by atoms with E-state index in [9.17, 15) is 0 Å². The first-order chi connectivity index (χ1) is 8.97. The third-order valence-corrected chi connectivity index (χ3v) is 4.30. The Bertz CT molecular complexity index is 553. The summed E-state index contributed by atoms with van der Waals surface area (Å²) in [6.07, 6.45) is 0.862. The number of nitrogens with two attached hydrogens (primary N) is 1. The lowest BCUT2D eigenvalue weighted by atomic mass is 9.93. The summed E-state index contributed by atoms with van der Waals surface area (Å²) < 4.78 is 2.10. The van der Waals surface area contributed by atoms with Crippen LogP contribution in [0.2, 0.25) is 0 Å². The van der Waals surface area contributed by atoms with E-state index in [4.69, 9.17) is 5.73 Å². The molecule has 2 rings (SSSR count). The Kier molecular flexibility index (Phi) is 4.82. The number of rotatable bonds is 3. The van der Waals surface area contributed by atoms with E-state index in [1.54, 1.807) is 0 Å². The normalized spacial score (nSPS) is 12.5. The van der Waals surface area contributed by atoms with Gasteiger partial charge in [0, 0.05) is 15.0 Å². The van der Waals surface area contributed by atoms with Crippen LogP contribution in [0, 0.1) is 13.8 Å². The molecule has 0 amide bonds. The van der Waals surface area contributed by atoms with Crippen LogP contribution in [0.3, 0.4) is 0 Å². The molecule has 19 heavy (non-hydrogen) atoms. The Morgan fingerprint density at radius 2 is 1.53 bits per heavy atom. The summed E-state index contributed by atoms with van der Waals surface area (Å²) in [5.41, 5.74) is 11.5. The van der Waals surface area contributed by atoms with E-state index in [1.807, 2.05) is 6.07 Å². The molecule has 2 aromatic carbocycles. The standard InChI is InChI=1S/C16H17Br2N/c1-10-4-3-5-11(2)15(10)9-16(19)12-6-13(17)8-14(18)7-12/h3-8,16H,9,19H2,1-2H3. The van der Waals surface area contributed by atoms with Crippen LogP contribution in [-0.4, -0.2) is 0 Å². The Hall–Kier alpha value is -0.640. The summed E-state index contributed by atoms with van der Waals surface area (Å²) in [5, 5.41) is 0. The second-order valence-corrected chi connectivity index (χ2v) is 6.72. The molecular weight excluding hydrogens is 366 g/mol. The maximum atomic E-state index is 6.36. The first-order valence-corrected chi connectivity index (χ1v) is 7.82. The summed E-state index contributed by atoms with van der Waals surface area (Å²) in [7, 11) is 0. The lowest BCUT2D eigenvalue weighted by molar-refractivity contribution is 0.714. The summed E-state index contributed by atoms with van der Waals surface area (Å²) in [4.78, 5) is 0. The van der Waals surface area contributed by atoms with Crippen molar-refractivity contribution in [3.8, 4) is 0 Å². The van der Waals surface area contributed by atoms with Crippen molar-refractivity contribution < 1.29 is 0 Å². The van der Waals surface area contributed by atoms with Crippen molar-refractivity contribution in [3.63, 3.8) is 0 Å². The highest BCUT2D eigenvalue weighted by Crippen LogP contribution is 2.26. The van der Waals surface area contributed by atoms with Crippen LogP contribution in [0.15, 0.2) is 45.3 Å². The average molecular weight is 383 g/mol. The molecule has 2 N–H and O–H groups in total. The topological polar surface area (TPSA) is 26.0 Å². The highest BCUT2D eigenvalue weighted by atomic mass is 79.9. The number of hydrogen-bond acceptors (Lipinski definition) is 1. The molecule has 2 aromatic rings. The largest absolute Gasteiger partial charge is 0.324 e. The third kappa shape index (κ3) is 3.68. The molecule has 0 aliphatic carbocycles. The van der Waals surface area contributed by atoms with Crippen molar-refractivity contribution in [2.24, 2.45) is 5.73 Å². The van der Waals surface area contributed by atoms with Gasteiger partial charge in [-0.25, -0.2) is 0 Å². The predicted octanol–water partition coefficient (Wildman–Crippen LogP) is 5.07. The molecule has 0 aliphatic heterocycles. The zero-order valence-corrected chi connectivity index (χ0v) is 14.3. The van der Waals surface area contributed by atoms with Crippen molar-refractivity contribution in [1.29, 1.82) is 0 Å². The minimum atomic E-state index is 0.00796. The van der Waals surface area contributed by atoms with Crippen LogP contribution < -0.4 is 5.73 Å². The van der Waals surface area contributed by atoms with Crippen molar-refractivity contribution in [3.05, 3.63) is 67.6 Å². The molecule has 1 nitrogen and oxygen atoms in total. The van der Waals surface area contributed by atoms with Crippen molar-refractivity contribution in [1.82, 2.24) is 0 Å². The van der Waals surface area contributed by atoms with Gasteiger partial charge < -0.3 is 5.73 Å². The Balaban J connectivity index is 2.28. The van der Waals surface area contributed by atoms with Gasteiger partial charge in [0.05, 0.1) is 0 Å². The molecule has 1 unspecified atom stereocenters. The molecule has 100 valence electrons. The van der Waals surface area contributed by atoms with Crippen molar-refractivity contribution >= 4 is 31.9 Å². The van der Waals surface area contributed by atoms with Gasteiger partial charge in [-0.3, -0.25) is 0 Å². The molecule has 0 bridgehead atoms. The molecule has 1 atom stereocenters. The van der Waals surface area contributed by atoms with Gasteiger partial charge in [0.2, 0.25) is 0 Å². The monoisotopic (exact) mass is 381 g/mol. The highest BCUT2D eigenvalue weighted by Gasteiger charge is 2.11. The van der Waals surface area contributed by atoms with Crippen LogP contribution in [0.25, 0.3) is 0 Å². The second kappa shape index (κ2) is 6.21. The van der Waals surface area contributed by atoms with Crippen molar-refractivity contribution in [2.75, 3.05) is 0 Å². The molecule has 0 radical (unpaired) electrons. The minimum absolute atomic E-state index is 0.00796. The van der Waals surface area contributed by atoms with E-state index in [2.05, 4.69) is 76.0 Å². The number of benzene rings is 2. The van der Waals surface area contributed by atoms with Gasteiger partial charge in [0.25, 0.3) is 0 Å². The van der Waals surface area contributed by atoms with E-state index in [-0.39, 0.29) is 6.04 Å². The fraction of sp³-hybridized carbons (Fsp3) is 0.250. The lowest BCUT2D eigenvalue weighted by Crippen LogP contribution is -2.14. The molecule has 0 fully saturated rings. The summed E-state index contributed by atoms with van der Waals surface area (Å²) in [6, 6.07) is 12.6. The van der Waals surface area contributed by atoms with Gasteiger partial charge >= 0.3 is 0 Å². The number of halogens is 2. The highest BCUT2D eigenvalue weighted by molar-refractivity contribution is 9.11. The maximum absolute atomic E-state index is 6.36. The number of aryl methyl sites for hydroxylation is 2. The first kappa shape index (κ1) is 14.8. The van der Waals surface area contributed by atoms with Crippen LogP contribution in [-0.2, 0) is 6.42 Å². The van der Waals surface area contributed by atoms with E-state index >= 15 is 0 Å². The zero-order valence-electron chi connectivity index (χ0n) is 11.1. The number of hydrogen-bond donors (Lipinski definition) is 1. The molecule has 0 aromatic heterocycles. The zero-order chi connectivity index (χ0) is 14.0. The predicted molar refractivity (Wildman–Crippen MR) is 88.4 cm³/mol. The van der Waals surface area contributed by atoms with Gasteiger partial charge in [-0.2, -0.15) is 0 Å². The third-order valence-electron chi connectivity index (χ3n) is 3.38. The summed E-state index contributed by atoms with van der Waals surface area (Å²) in [6.45, 7) is 4.29. The molecular formula is C16H17Br2N. The Labute approximate surface area is 131 Å². The average Bonchev–Trinajstić information content (AvgIpc) is 2.32.